The van der Waals surface area contributed by atoms with Gasteiger partial charge in [0.1, 0.15) is 0 Å². The first kappa shape index (κ1) is 11.0. The molecule has 3 nitrogen and oxygen atoms in total. The molecular formula is C10H22N2O. The van der Waals surface area contributed by atoms with Gasteiger partial charge in [-0.3, -0.25) is 0 Å². The predicted molar refractivity (Wildman–Crippen MR) is 54.7 cm³/mol. The van der Waals surface area contributed by atoms with Crippen LogP contribution in [0.4, 0.5) is 0 Å². The minimum absolute atomic E-state index is 0.372. The second-order valence-electron chi connectivity index (χ2n) is 3.86. The molecule has 1 fully saturated rings. The van der Waals surface area contributed by atoms with Gasteiger partial charge in [0, 0.05) is 25.8 Å². The zero-order valence-electron chi connectivity index (χ0n) is 8.59. The Hall–Kier alpha value is -0.120. The van der Waals surface area contributed by atoms with Gasteiger partial charge in [-0.05, 0) is 25.8 Å². The minimum atomic E-state index is 0.372. The summed E-state index contributed by atoms with van der Waals surface area (Å²) < 4.78 is 4.99. The van der Waals surface area contributed by atoms with Crippen molar-refractivity contribution in [2.75, 3.05) is 20.3 Å². The molecule has 13 heavy (non-hydrogen) atoms. The Balaban J connectivity index is 2.05. The lowest BCUT2D eigenvalue weighted by Gasteiger charge is -2.29. The molecule has 3 N–H and O–H groups in total. The maximum Gasteiger partial charge on any atom is 0.0474 e. The van der Waals surface area contributed by atoms with Gasteiger partial charge in [-0.1, -0.05) is 12.8 Å². The normalized spacial score (nSPS) is 29.1. The number of nitrogens with one attached hydrogen (secondary N) is 1. The molecule has 0 amide bonds. The van der Waals surface area contributed by atoms with Crippen LogP contribution in [0.25, 0.3) is 0 Å². The van der Waals surface area contributed by atoms with Crippen LogP contribution in [0.5, 0.6) is 0 Å². The highest BCUT2D eigenvalue weighted by molar-refractivity contribution is 4.83. The summed E-state index contributed by atoms with van der Waals surface area (Å²) in [7, 11) is 1.74. The van der Waals surface area contributed by atoms with Crippen molar-refractivity contribution in [3.63, 3.8) is 0 Å². The Labute approximate surface area is 81.0 Å². The first-order chi connectivity index (χ1) is 6.34. The summed E-state index contributed by atoms with van der Waals surface area (Å²) in [6.45, 7) is 1.88. The SMILES string of the molecule is COCCCN[C@H]1CCCC[C@H]1N. The Bertz CT molecular complexity index is 130. The lowest BCUT2D eigenvalue weighted by molar-refractivity contribution is 0.191. The third-order valence-corrected chi connectivity index (χ3v) is 2.75. The number of hydrogen-bond donors (Lipinski definition) is 2. The predicted octanol–water partition coefficient (Wildman–Crippen LogP) is 0.882. The molecule has 3 heteroatoms. The number of rotatable bonds is 5. The van der Waals surface area contributed by atoms with Gasteiger partial charge in [0.2, 0.25) is 0 Å². The van der Waals surface area contributed by atoms with Crippen molar-refractivity contribution in [2.24, 2.45) is 5.73 Å². The fourth-order valence-electron chi connectivity index (χ4n) is 1.92. The van der Waals surface area contributed by atoms with Crippen molar-refractivity contribution in [3.05, 3.63) is 0 Å². The third-order valence-electron chi connectivity index (χ3n) is 2.75. The Morgan fingerprint density at radius 1 is 1.38 bits per heavy atom. The highest BCUT2D eigenvalue weighted by atomic mass is 16.5. The van der Waals surface area contributed by atoms with Gasteiger partial charge < -0.3 is 15.8 Å². The zero-order chi connectivity index (χ0) is 9.52. The summed E-state index contributed by atoms with van der Waals surface area (Å²) in [6, 6.07) is 0.918. The second kappa shape index (κ2) is 6.35. The van der Waals surface area contributed by atoms with E-state index in [4.69, 9.17) is 10.5 Å². The van der Waals surface area contributed by atoms with Crippen molar-refractivity contribution < 1.29 is 4.74 Å². The van der Waals surface area contributed by atoms with E-state index in [2.05, 4.69) is 5.32 Å². The molecule has 0 spiro atoms. The van der Waals surface area contributed by atoms with Gasteiger partial charge in [0.05, 0.1) is 0 Å². The maximum absolute atomic E-state index is 6.00. The van der Waals surface area contributed by atoms with Gasteiger partial charge in [-0.25, -0.2) is 0 Å². The molecule has 2 atom stereocenters. The van der Waals surface area contributed by atoms with E-state index in [-0.39, 0.29) is 0 Å². The van der Waals surface area contributed by atoms with Gasteiger partial charge in [0.15, 0.2) is 0 Å². The van der Waals surface area contributed by atoms with Crippen LogP contribution in [0.15, 0.2) is 0 Å². The van der Waals surface area contributed by atoms with E-state index in [9.17, 15) is 0 Å². The number of nitrogens with two attached hydrogens (primary N) is 1. The van der Waals surface area contributed by atoms with Crippen LogP contribution in [-0.2, 0) is 4.74 Å². The van der Waals surface area contributed by atoms with Gasteiger partial charge in [-0.15, -0.1) is 0 Å². The first-order valence-corrected chi connectivity index (χ1v) is 5.32. The van der Waals surface area contributed by atoms with E-state index < -0.39 is 0 Å². The smallest absolute Gasteiger partial charge is 0.0474 e. The van der Waals surface area contributed by atoms with Crippen LogP contribution >= 0.6 is 0 Å². The molecule has 0 unspecified atom stereocenters. The molecule has 0 aromatic heterocycles. The third kappa shape index (κ3) is 4.07. The molecule has 78 valence electrons. The number of ether oxygens (including phenoxy) is 1. The van der Waals surface area contributed by atoms with Gasteiger partial charge >= 0.3 is 0 Å². The van der Waals surface area contributed by atoms with Crippen molar-refractivity contribution in [1.82, 2.24) is 5.32 Å². The average molecular weight is 186 g/mol. The lowest BCUT2D eigenvalue weighted by atomic mass is 9.91. The molecular weight excluding hydrogens is 164 g/mol. The standard InChI is InChI=1S/C10H22N2O/c1-13-8-4-7-12-10-6-3-2-5-9(10)11/h9-10,12H,2-8,11H2,1H3/t9-,10+/m1/s1. The molecule has 1 aliphatic carbocycles. The molecule has 0 aliphatic heterocycles. The number of methoxy groups -OCH3 is 1. The van der Waals surface area contributed by atoms with Crippen LogP contribution in [0.3, 0.4) is 0 Å². The highest BCUT2D eigenvalue weighted by Gasteiger charge is 2.20. The Kier molecular flexibility index (Phi) is 5.35. The molecule has 0 aromatic rings. The highest BCUT2D eigenvalue weighted by Crippen LogP contribution is 2.16. The molecule has 0 radical (unpaired) electrons. The molecule has 1 aliphatic rings. The molecule has 1 rings (SSSR count). The van der Waals surface area contributed by atoms with Crippen LogP contribution < -0.4 is 11.1 Å². The summed E-state index contributed by atoms with van der Waals surface area (Å²) in [6.07, 6.45) is 6.14. The topological polar surface area (TPSA) is 47.3 Å². The minimum Gasteiger partial charge on any atom is -0.385 e. The lowest BCUT2D eigenvalue weighted by Crippen LogP contribution is -2.47. The zero-order valence-corrected chi connectivity index (χ0v) is 8.59. The largest absolute Gasteiger partial charge is 0.385 e. The molecule has 0 bridgehead atoms. The van der Waals surface area contributed by atoms with E-state index in [0.29, 0.717) is 12.1 Å². The van der Waals surface area contributed by atoms with Crippen LogP contribution in [0.2, 0.25) is 0 Å². The maximum atomic E-state index is 6.00. The fourth-order valence-corrected chi connectivity index (χ4v) is 1.92. The molecule has 0 aromatic carbocycles. The Morgan fingerprint density at radius 2 is 2.15 bits per heavy atom. The van der Waals surface area contributed by atoms with E-state index in [1.54, 1.807) is 7.11 Å². The average Bonchev–Trinajstić information content (AvgIpc) is 2.15. The van der Waals surface area contributed by atoms with Gasteiger partial charge in [0.25, 0.3) is 0 Å². The van der Waals surface area contributed by atoms with Crippen LogP contribution in [-0.4, -0.2) is 32.3 Å². The summed E-state index contributed by atoms with van der Waals surface area (Å²) in [5, 5.41) is 3.50. The van der Waals surface area contributed by atoms with Gasteiger partial charge in [-0.2, -0.15) is 0 Å². The van der Waals surface area contributed by atoms with E-state index in [0.717, 1.165) is 19.6 Å². The summed E-state index contributed by atoms with van der Waals surface area (Å²) in [5.74, 6) is 0. The van der Waals surface area contributed by atoms with E-state index in [1.807, 2.05) is 0 Å². The van der Waals surface area contributed by atoms with Crippen LogP contribution in [0, 0.1) is 0 Å². The van der Waals surface area contributed by atoms with Crippen LogP contribution in [0.1, 0.15) is 32.1 Å². The van der Waals surface area contributed by atoms with Crippen molar-refractivity contribution in [3.8, 4) is 0 Å². The monoisotopic (exact) mass is 186 g/mol. The second-order valence-corrected chi connectivity index (χ2v) is 3.86. The Morgan fingerprint density at radius 3 is 2.85 bits per heavy atom. The summed E-state index contributed by atoms with van der Waals surface area (Å²) in [5.41, 5.74) is 6.00. The van der Waals surface area contributed by atoms with Crippen molar-refractivity contribution >= 4 is 0 Å². The molecule has 0 saturated heterocycles. The fraction of sp³-hybridized carbons (Fsp3) is 1.00. The summed E-state index contributed by atoms with van der Waals surface area (Å²) >= 11 is 0. The van der Waals surface area contributed by atoms with Crippen molar-refractivity contribution in [2.45, 2.75) is 44.2 Å². The van der Waals surface area contributed by atoms with Crippen molar-refractivity contribution in [1.29, 1.82) is 0 Å². The summed E-state index contributed by atoms with van der Waals surface area (Å²) in [4.78, 5) is 0. The quantitative estimate of drug-likeness (QED) is 0.627. The van der Waals surface area contributed by atoms with E-state index >= 15 is 0 Å². The molecule has 0 heterocycles. The number of hydrogen-bond acceptors (Lipinski definition) is 3. The molecule has 1 saturated carbocycles. The van der Waals surface area contributed by atoms with E-state index in [1.165, 1.54) is 25.7 Å². The first-order valence-electron chi connectivity index (χ1n) is 5.32.